The molecule has 17 nitrogen and oxygen atoms in total. The number of phosphoric ester groups is 2. The minimum absolute atomic E-state index is 0.107. The molecule has 588 valence electrons. The second kappa shape index (κ2) is 70.4. The number of ether oxygens (including phenoxy) is 4. The number of esters is 4. The SMILES string of the molecule is CCCCCCCCCCCCCCCC(=O)O[C@H](COC(=O)CCCCCCCCCCC(C)C)COP(=O)(O)OC[C@H](O)COP(=O)(O)OC[C@@H](COC(=O)CCCCCCCCCCCCCCCC(C)C)OC(=O)CCCCCCCCCCCCCCCCCCC(C)C. The second-order valence-corrected chi connectivity index (χ2v) is 33.1. The van der Waals surface area contributed by atoms with Crippen molar-refractivity contribution in [2.24, 2.45) is 17.8 Å². The standard InChI is InChI=1S/C80H156O17P2/c1-8-9-10-11-12-13-14-20-28-33-42-49-56-63-79(84)97-76(68-91-78(83)62-55-48-41-36-35-39-46-53-60-73(6)7)70-95-99(88,89)93-66-74(81)65-92-98(86,87)94-69-75(67-90-77(82)61-54-47-40-32-27-24-19-22-26-31-38-45-52-59-72(4)5)96-80(85)64-57-50-43-34-29-23-18-16-15-17-21-25-30-37-44-51-58-71(2)3/h71-76,81H,8-70H2,1-7H3,(H,86,87)(H,88,89)/t74-,75-,76-/m1/s1. The lowest BCUT2D eigenvalue weighted by Crippen LogP contribution is -2.30. The van der Waals surface area contributed by atoms with Gasteiger partial charge in [-0.25, -0.2) is 9.13 Å². The smallest absolute Gasteiger partial charge is 0.462 e. The molecule has 0 aromatic heterocycles. The molecule has 0 saturated heterocycles. The van der Waals surface area contributed by atoms with Crippen LogP contribution in [0.15, 0.2) is 0 Å². The van der Waals surface area contributed by atoms with E-state index in [4.69, 9.17) is 37.0 Å². The Bertz CT molecular complexity index is 1920. The maximum Gasteiger partial charge on any atom is 0.472 e. The van der Waals surface area contributed by atoms with E-state index >= 15 is 0 Å². The van der Waals surface area contributed by atoms with E-state index in [1.807, 2.05) is 0 Å². The van der Waals surface area contributed by atoms with Crippen LogP contribution in [0.4, 0.5) is 0 Å². The molecular weight excluding hydrogens is 1290 g/mol. The fourth-order valence-corrected chi connectivity index (χ4v) is 13.9. The summed E-state index contributed by atoms with van der Waals surface area (Å²) in [5.41, 5.74) is 0. The van der Waals surface area contributed by atoms with Gasteiger partial charge in [0.05, 0.1) is 26.4 Å². The lowest BCUT2D eigenvalue weighted by molar-refractivity contribution is -0.161. The van der Waals surface area contributed by atoms with Crippen molar-refractivity contribution in [2.45, 2.75) is 433 Å². The maximum atomic E-state index is 13.1. The highest BCUT2D eigenvalue weighted by molar-refractivity contribution is 7.47. The first-order valence-corrected chi connectivity index (χ1v) is 44.3. The molecule has 2 unspecified atom stereocenters. The summed E-state index contributed by atoms with van der Waals surface area (Å²) in [6.45, 7) is 11.9. The van der Waals surface area contributed by atoms with Crippen LogP contribution in [0.2, 0.25) is 0 Å². The second-order valence-electron chi connectivity index (χ2n) is 30.2. The number of carbonyl (C=O) groups excluding carboxylic acids is 4. The number of aliphatic hydroxyl groups is 1. The third-order valence-corrected chi connectivity index (χ3v) is 20.5. The summed E-state index contributed by atoms with van der Waals surface area (Å²) >= 11 is 0. The first kappa shape index (κ1) is 97.1. The number of phosphoric acid groups is 2. The average Bonchev–Trinajstić information content (AvgIpc) is 0.987. The largest absolute Gasteiger partial charge is 0.472 e. The Morgan fingerprint density at radius 2 is 0.465 bits per heavy atom. The summed E-state index contributed by atoms with van der Waals surface area (Å²) < 4.78 is 68.7. The van der Waals surface area contributed by atoms with Gasteiger partial charge in [0.15, 0.2) is 12.2 Å². The van der Waals surface area contributed by atoms with Crippen LogP contribution in [-0.2, 0) is 65.4 Å². The lowest BCUT2D eigenvalue weighted by Gasteiger charge is -2.21. The van der Waals surface area contributed by atoms with Gasteiger partial charge in [0.25, 0.3) is 0 Å². The van der Waals surface area contributed by atoms with E-state index in [1.165, 1.54) is 225 Å². The average molecular weight is 1450 g/mol. The molecule has 0 amide bonds. The number of carbonyl (C=O) groups is 4. The molecule has 0 spiro atoms. The van der Waals surface area contributed by atoms with Gasteiger partial charge in [-0.15, -0.1) is 0 Å². The Hall–Kier alpha value is -1.94. The number of aliphatic hydroxyl groups excluding tert-OH is 1. The first-order valence-electron chi connectivity index (χ1n) is 41.3. The molecule has 0 aromatic rings. The van der Waals surface area contributed by atoms with E-state index < -0.39 is 97.5 Å². The van der Waals surface area contributed by atoms with Crippen LogP contribution in [0.5, 0.6) is 0 Å². The van der Waals surface area contributed by atoms with Gasteiger partial charge >= 0.3 is 39.5 Å². The third kappa shape index (κ3) is 74.1. The number of hydrogen-bond acceptors (Lipinski definition) is 15. The van der Waals surface area contributed by atoms with E-state index in [1.54, 1.807) is 0 Å². The van der Waals surface area contributed by atoms with E-state index in [0.717, 1.165) is 108 Å². The van der Waals surface area contributed by atoms with Crippen LogP contribution >= 0.6 is 15.6 Å². The van der Waals surface area contributed by atoms with E-state index in [0.29, 0.717) is 25.7 Å². The molecule has 0 aliphatic rings. The van der Waals surface area contributed by atoms with Crippen molar-refractivity contribution in [2.75, 3.05) is 39.6 Å². The molecule has 19 heteroatoms. The normalized spacial score (nSPS) is 14.0. The van der Waals surface area contributed by atoms with Gasteiger partial charge < -0.3 is 33.8 Å². The Labute approximate surface area is 607 Å². The summed E-state index contributed by atoms with van der Waals surface area (Å²) in [5.74, 6) is 0.216. The van der Waals surface area contributed by atoms with Gasteiger partial charge in [0.1, 0.15) is 19.3 Å². The molecule has 0 aromatic carbocycles. The van der Waals surface area contributed by atoms with E-state index in [-0.39, 0.29) is 25.7 Å². The number of unbranched alkanes of at least 4 members (excludes halogenated alkanes) is 46. The minimum Gasteiger partial charge on any atom is -0.462 e. The van der Waals surface area contributed by atoms with Crippen molar-refractivity contribution < 1.29 is 80.2 Å². The van der Waals surface area contributed by atoms with Crippen LogP contribution < -0.4 is 0 Å². The van der Waals surface area contributed by atoms with Crippen molar-refractivity contribution in [3.05, 3.63) is 0 Å². The van der Waals surface area contributed by atoms with Crippen molar-refractivity contribution >= 4 is 39.5 Å². The van der Waals surface area contributed by atoms with Crippen LogP contribution in [0.1, 0.15) is 414 Å². The zero-order valence-corrected chi connectivity index (χ0v) is 66.8. The summed E-state index contributed by atoms with van der Waals surface area (Å²) in [6, 6.07) is 0. The highest BCUT2D eigenvalue weighted by Crippen LogP contribution is 2.45. The van der Waals surface area contributed by atoms with Gasteiger partial charge in [-0.05, 0) is 43.4 Å². The fourth-order valence-electron chi connectivity index (χ4n) is 12.3. The summed E-state index contributed by atoms with van der Waals surface area (Å²) in [7, 11) is -9.92. The summed E-state index contributed by atoms with van der Waals surface area (Å²) in [4.78, 5) is 73.0. The molecule has 0 heterocycles. The molecule has 0 fully saturated rings. The monoisotopic (exact) mass is 1450 g/mol. The fraction of sp³-hybridized carbons (Fsp3) is 0.950. The van der Waals surface area contributed by atoms with Gasteiger partial charge in [-0.1, -0.05) is 363 Å². The highest BCUT2D eigenvalue weighted by atomic mass is 31.2. The van der Waals surface area contributed by atoms with E-state index in [9.17, 15) is 43.2 Å². The maximum absolute atomic E-state index is 13.1. The quantitative estimate of drug-likeness (QED) is 0.0222. The summed E-state index contributed by atoms with van der Waals surface area (Å²) in [5, 5.41) is 10.6. The predicted octanol–water partition coefficient (Wildman–Crippen LogP) is 23.7. The molecule has 99 heavy (non-hydrogen) atoms. The Balaban J connectivity index is 5.25. The Kier molecular flexibility index (Phi) is 69.0. The van der Waals surface area contributed by atoms with Crippen LogP contribution in [0.3, 0.4) is 0 Å². The van der Waals surface area contributed by atoms with E-state index in [2.05, 4.69) is 48.5 Å². The zero-order valence-electron chi connectivity index (χ0n) is 65.0. The van der Waals surface area contributed by atoms with Crippen molar-refractivity contribution in [3.8, 4) is 0 Å². The highest BCUT2D eigenvalue weighted by Gasteiger charge is 2.30. The molecule has 0 bridgehead atoms. The van der Waals surface area contributed by atoms with Crippen molar-refractivity contribution in [3.63, 3.8) is 0 Å². The van der Waals surface area contributed by atoms with Gasteiger partial charge in [-0.3, -0.25) is 37.3 Å². The predicted molar refractivity (Wildman–Crippen MR) is 405 cm³/mol. The molecule has 5 atom stereocenters. The summed E-state index contributed by atoms with van der Waals surface area (Å²) in [6.07, 6.45) is 58.2. The van der Waals surface area contributed by atoms with Gasteiger partial charge in [0, 0.05) is 25.7 Å². The first-order chi connectivity index (χ1) is 47.7. The molecule has 0 radical (unpaired) electrons. The minimum atomic E-state index is -4.96. The van der Waals surface area contributed by atoms with Gasteiger partial charge in [0.2, 0.25) is 0 Å². The molecule has 0 rings (SSSR count). The van der Waals surface area contributed by atoms with Gasteiger partial charge in [-0.2, -0.15) is 0 Å². The number of rotatable bonds is 78. The Morgan fingerprint density at radius 1 is 0.273 bits per heavy atom. The zero-order chi connectivity index (χ0) is 73.0. The topological polar surface area (TPSA) is 237 Å². The molecular formula is C80H156O17P2. The van der Waals surface area contributed by atoms with Crippen molar-refractivity contribution in [1.82, 2.24) is 0 Å². The molecule has 0 aliphatic heterocycles. The third-order valence-electron chi connectivity index (χ3n) is 18.6. The van der Waals surface area contributed by atoms with Crippen molar-refractivity contribution in [1.29, 1.82) is 0 Å². The lowest BCUT2D eigenvalue weighted by atomic mass is 10.0. The number of hydrogen-bond donors (Lipinski definition) is 3. The Morgan fingerprint density at radius 3 is 0.687 bits per heavy atom. The molecule has 0 aliphatic carbocycles. The van der Waals surface area contributed by atoms with Crippen LogP contribution in [0.25, 0.3) is 0 Å². The molecule has 3 N–H and O–H groups in total. The molecule has 0 saturated carbocycles. The van der Waals surface area contributed by atoms with Crippen LogP contribution in [-0.4, -0.2) is 96.7 Å². The van der Waals surface area contributed by atoms with Crippen LogP contribution in [0, 0.1) is 17.8 Å².